The molecule has 0 aliphatic heterocycles. The number of amides is 1. The molecule has 1 aromatic heterocycles. The zero-order chi connectivity index (χ0) is 22.8. The summed E-state index contributed by atoms with van der Waals surface area (Å²) in [7, 11) is 0. The number of carboxylic acid groups (broad SMARTS) is 1. The van der Waals surface area contributed by atoms with Gasteiger partial charge in [-0.05, 0) is 88.2 Å². The number of aliphatic hydroxyl groups is 2. The van der Waals surface area contributed by atoms with Crippen molar-refractivity contribution in [2.24, 2.45) is 11.8 Å². The first-order chi connectivity index (χ1) is 15.3. The number of aromatic carboxylic acids is 1. The average molecular weight is 462 g/mol. The Morgan fingerprint density at radius 2 is 1.69 bits per heavy atom. The van der Waals surface area contributed by atoms with Crippen molar-refractivity contribution in [2.75, 3.05) is 4.90 Å². The molecule has 1 heterocycles. The van der Waals surface area contributed by atoms with Gasteiger partial charge in [0.25, 0.3) is 0 Å². The highest BCUT2D eigenvalue weighted by Gasteiger charge is 2.37. The Bertz CT molecular complexity index is 862. The lowest BCUT2D eigenvalue weighted by Gasteiger charge is -2.38. The van der Waals surface area contributed by atoms with Crippen LogP contribution in [0.5, 0.6) is 0 Å². The number of allylic oxidation sites excluding steroid dienone is 1. The van der Waals surface area contributed by atoms with E-state index in [4.69, 9.17) is 0 Å². The molecule has 7 heteroatoms. The summed E-state index contributed by atoms with van der Waals surface area (Å²) in [4.78, 5) is 28.9. The fraction of sp³-hybridized carbons (Fsp3) is 0.680. The third-order valence-electron chi connectivity index (χ3n) is 7.46. The number of carbonyl (C=O) groups excluding carboxylic acids is 1. The Kier molecular flexibility index (Phi) is 7.37. The highest BCUT2D eigenvalue weighted by atomic mass is 32.1. The molecule has 3 aliphatic rings. The van der Waals surface area contributed by atoms with E-state index in [1.807, 2.05) is 12.1 Å². The number of hydrogen-bond acceptors (Lipinski definition) is 5. The lowest BCUT2D eigenvalue weighted by molar-refractivity contribution is -0.124. The SMILES string of the molecule is C[C@H]1CC[C@H](C(=O)N(c2cc(C3=CC(O)CCC3)sc2C(=O)O)[C@H]2CC[C@H](O)CC2)CC1. The third kappa shape index (κ3) is 5.10. The van der Waals surface area contributed by atoms with Crippen LogP contribution < -0.4 is 4.90 Å². The quantitative estimate of drug-likeness (QED) is 0.583. The van der Waals surface area contributed by atoms with E-state index in [1.54, 1.807) is 4.90 Å². The van der Waals surface area contributed by atoms with E-state index in [0.29, 0.717) is 37.3 Å². The Labute approximate surface area is 193 Å². The second-order valence-corrected chi connectivity index (χ2v) is 11.0. The highest BCUT2D eigenvalue weighted by Crippen LogP contribution is 2.42. The molecule has 0 radical (unpaired) electrons. The van der Waals surface area contributed by atoms with Crippen LogP contribution in [0.2, 0.25) is 0 Å². The van der Waals surface area contributed by atoms with Crippen LogP contribution in [-0.4, -0.2) is 45.4 Å². The number of carboxylic acids is 1. The first-order valence-corrected chi connectivity index (χ1v) is 12.9. The van der Waals surface area contributed by atoms with Crippen molar-refractivity contribution in [2.45, 2.75) is 95.8 Å². The van der Waals surface area contributed by atoms with Gasteiger partial charge in [-0.15, -0.1) is 11.3 Å². The number of anilines is 1. The van der Waals surface area contributed by atoms with Crippen LogP contribution in [0.1, 0.15) is 92.1 Å². The Morgan fingerprint density at radius 3 is 2.31 bits per heavy atom. The summed E-state index contributed by atoms with van der Waals surface area (Å²) in [5.41, 5.74) is 1.48. The van der Waals surface area contributed by atoms with Gasteiger partial charge in [0.15, 0.2) is 0 Å². The van der Waals surface area contributed by atoms with Gasteiger partial charge in [0.05, 0.1) is 17.9 Å². The molecule has 0 spiro atoms. The van der Waals surface area contributed by atoms with Crippen LogP contribution in [0.25, 0.3) is 5.57 Å². The van der Waals surface area contributed by atoms with Gasteiger partial charge in [0.2, 0.25) is 5.91 Å². The van der Waals surface area contributed by atoms with E-state index in [9.17, 15) is 24.9 Å². The predicted octanol–water partition coefficient (Wildman–Crippen LogP) is 4.84. The number of hydrogen-bond donors (Lipinski definition) is 3. The van der Waals surface area contributed by atoms with Crippen LogP contribution >= 0.6 is 11.3 Å². The number of rotatable bonds is 5. The maximum absolute atomic E-state index is 13.8. The van der Waals surface area contributed by atoms with E-state index < -0.39 is 12.1 Å². The van der Waals surface area contributed by atoms with Crippen molar-refractivity contribution < 1.29 is 24.9 Å². The van der Waals surface area contributed by atoms with E-state index in [1.165, 1.54) is 11.3 Å². The summed E-state index contributed by atoms with van der Waals surface area (Å²) in [5.74, 6) is -0.412. The summed E-state index contributed by atoms with van der Waals surface area (Å²) in [6.45, 7) is 2.22. The molecular formula is C25H35NO5S. The number of thiophene rings is 1. The van der Waals surface area contributed by atoms with Gasteiger partial charge in [0.1, 0.15) is 4.88 Å². The molecule has 1 aromatic rings. The van der Waals surface area contributed by atoms with Gasteiger partial charge < -0.3 is 20.2 Å². The minimum atomic E-state index is -1.01. The molecule has 3 aliphatic carbocycles. The highest BCUT2D eigenvalue weighted by molar-refractivity contribution is 7.15. The van der Waals surface area contributed by atoms with Gasteiger partial charge in [-0.1, -0.05) is 13.0 Å². The van der Waals surface area contributed by atoms with Crippen LogP contribution in [0.4, 0.5) is 5.69 Å². The smallest absolute Gasteiger partial charge is 0.348 e. The molecule has 1 amide bonds. The monoisotopic (exact) mass is 461 g/mol. The second-order valence-electron chi connectivity index (χ2n) is 9.91. The molecule has 0 saturated heterocycles. The number of nitrogens with zero attached hydrogens (tertiary/aromatic N) is 1. The maximum atomic E-state index is 13.8. The van der Waals surface area contributed by atoms with Crippen LogP contribution in [0, 0.1) is 11.8 Å². The van der Waals surface area contributed by atoms with Gasteiger partial charge in [-0.2, -0.15) is 0 Å². The largest absolute Gasteiger partial charge is 0.477 e. The molecule has 6 nitrogen and oxygen atoms in total. The van der Waals surface area contributed by atoms with E-state index in [-0.39, 0.29) is 28.8 Å². The number of aliphatic hydroxyl groups excluding tert-OH is 2. The molecule has 2 fully saturated rings. The van der Waals surface area contributed by atoms with Crippen LogP contribution in [0.15, 0.2) is 12.1 Å². The van der Waals surface area contributed by atoms with E-state index in [2.05, 4.69) is 6.92 Å². The average Bonchev–Trinajstić information content (AvgIpc) is 3.21. The third-order valence-corrected chi connectivity index (χ3v) is 8.64. The molecule has 0 aromatic carbocycles. The van der Waals surface area contributed by atoms with Gasteiger partial charge in [0, 0.05) is 16.8 Å². The van der Waals surface area contributed by atoms with E-state index in [0.717, 1.165) is 55.4 Å². The molecular weight excluding hydrogens is 426 g/mol. The van der Waals surface area contributed by atoms with E-state index >= 15 is 0 Å². The minimum absolute atomic E-state index is 0.0443. The summed E-state index contributed by atoms with van der Waals surface area (Å²) >= 11 is 1.21. The van der Waals surface area contributed by atoms with Crippen molar-refractivity contribution in [3.05, 3.63) is 21.9 Å². The molecule has 32 heavy (non-hydrogen) atoms. The first-order valence-electron chi connectivity index (χ1n) is 12.1. The van der Waals surface area contributed by atoms with Gasteiger partial charge >= 0.3 is 5.97 Å². The summed E-state index contributed by atoms with van der Waals surface area (Å²) < 4.78 is 0. The zero-order valence-corrected chi connectivity index (χ0v) is 19.6. The van der Waals surface area contributed by atoms with Crippen molar-refractivity contribution >= 4 is 34.5 Å². The molecule has 1 atom stereocenters. The fourth-order valence-corrected chi connectivity index (χ4v) is 6.53. The topological polar surface area (TPSA) is 98.1 Å². The second kappa shape index (κ2) is 10.1. The molecule has 4 rings (SSSR count). The van der Waals surface area contributed by atoms with Crippen LogP contribution in [-0.2, 0) is 4.79 Å². The van der Waals surface area contributed by atoms with Crippen molar-refractivity contribution in [1.82, 2.24) is 0 Å². The lowest BCUT2D eigenvalue weighted by Crippen LogP contribution is -2.47. The van der Waals surface area contributed by atoms with Crippen molar-refractivity contribution in [1.29, 1.82) is 0 Å². The number of carbonyl (C=O) groups is 2. The molecule has 2 saturated carbocycles. The van der Waals surface area contributed by atoms with Crippen molar-refractivity contribution in [3.63, 3.8) is 0 Å². The zero-order valence-electron chi connectivity index (χ0n) is 18.8. The molecule has 1 unspecified atom stereocenters. The fourth-order valence-electron chi connectivity index (χ4n) is 5.49. The lowest BCUT2D eigenvalue weighted by atomic mass is 9.81. The first kappa shape index (κ1) is 23.5. The Balaban J connectivity index is 1.71. The molecule has 176 valence electrons. The summed E-state index contributed by atoms with van der Waals surface area (Å²) in [6.07, 6.45) is 9.77. The predicted molar refractivity (Wildman–Crippen MR) is 126 cm³/mol. The summed E-state index contributed by atoms with van der Waals surface area (Å²) in [6, 6.07) is 1.78. The standard InChI is InChI=1S/C25H35NO5S/c1-15-5-7-16(8-6-15)24(29)26(18-9-11-19(27)12-10-18)21-14-22(32-23(21)25(30)31)17-3-2-4-20(28)13-17/h13-16,18-20,27-28H,2-12H2,1H3,(H,30,31)/t15-,16-,18-,19-,20?. The van der Waals surface area contributed by atoms with Gasteiger partial charge in [-0.25, -0.2) is 4.79 Å². The minimum Gasteiger partial charge on any atom is -0.477 e. The molecule has 3 N–H and O–H groups in total. The van der Waals surface area contributed by atoms with Crippen molar-refractivity contribution in [3.8, 4) is 0 Å². The van der Waals surface area contributed by atoms with Crippen LogP contribution in [0.3, 0.4) is 0 Å². The molecule has 0 bridgehead atoms. The normalized spacial score (nSPS) is 31.1. The maximum Gasteiger partial charge on any atom is 0.348 e. The summed E-state index contributed by atoms with van der Waals surface area (Å²) in [5, 5.41) is 30.1. The van der Waals surface area contributed by atoms with Gasteiger partial charge in [-0.3, -0.25) is 4.79 Å². The Morgan fingerprint density at radius 1 is 1.00 bits per heavy atom. The Hall–Kier alpha value is -1.70.